The van der Waals surface area contributed by atoms with Crippen LogP contribution in [0.25, 0.3) is 0 Å². The number of thioether (sulfide) groups is 1. The molecule has 10 nitrogen and oxygen atoms in total. The Bertz CT molecular complexity index is 1050. The van der Waals surface area contributed by atoms with Gasteiger partial charge in [0.15, 0.2) is 5.16 Å². The summed E-state index contributed by atoms with van der Waals surface area (Å²) in [5, 5.41) is 4.20. The number of nitrogens with one attached hydrogen (secondary N) is 1. The maximum atomic E-state index is 12.9. The Labute approximate surface area is 230 Å². The molecular formula is C27H40N8O2S. The van der Waals surface area contributed by atoms with E-state index in [9.17, 15) is 4.79 Å². The van der Waals surface area contributed by atoms with Crippen LogP contribution >= 0.6 is 11.8 Å². The van der Waals surface area contributed by atoms with Crippen LogP contribution in [0.4, 0.5) is 23.0 Å². The van der Waals surface area contributed by atoms with Crippen LogP contribution in [0.15, 0.2) is 35.5 Å². The minimum Gasteiger partial charge on any atom is -0.378 e. The molecule has 1 aromatic heterocycles. The molecule has 0 bridgehead atoms. The fourth-order valence-electron chi connectivity index (χ4n) is 5.20. The van der Waals surface area contributed by atoms with E-state index in [0.29, 0.717) is 6.54 Å². The van der Waals surface area contributed by atoms with Crippen molar-refractivity contribution < 1.29 is 9.53 Å². The number of nitrogens with zero attached hydrogens (tertiary/aromatic N) is 7. The van der Waals surface area contributed by atoms with Crippen molar-refractivity contribution in [3.8, 4) is 0 Å². The van der Waals surface area contributed by atoms with Gasteiger partial charge < -0.3 is 29.7 Å². The fraction of sp³-hybridized carbons (Fsp3) is 0.593. The largest absolute Gasteiger partial charge is 0.378 e. The highest BCUT2D eigenvalue weighted by Crippen LogP contribution is 2.26. The van der Waals surface area contributed by atoms with Crippen molar-refractivity contribution >= 4 is 40.7 Å². The van der Waals surface area contributed by atoms with Crippen molar-refractivity contribution in [1.82, 2.24) is 24.7 Å². The van der Waals surface area contributed by atoms with Crippen LogP contribution in [-0.2, 0) is 9.53 Å². The van der Waals surface area contributed by atoms with E-state index in [1.807, 2.05) is 17.2 Å². The third-order valence-corrected chi connectivity index (χ3v) is 8.17. The predicted octanol–water partition coefficient (Wildman–Crippen LogP) is 2.06. The highest BCUT2D eigenvalue weighted by atomic mass is 32.2. The summed E-state index contributed by atoms with van der Waals surface area (Å²) in [4.78, 5) is 33.8. The standard InChI is InChI=1S/C27H40N8O2S/c1-3-31-8-10-32(11-9-31)21-26(36)35-14-12-34(13-15-35)25-20-24(29-27(30-25)38-2)28-22-4-6-23(7-5-22)33-16-18-37-19-17-33/h4-7,20H,3,8-19,21H2,1-2H3,(H,28,29,30). The van der Waals surface area contributed by atoms with Crippen LogP contribution in [0.3, 0.4) is 0 Å². The van der Waals surface area contributed by atoms with Crippen LogP contribution in [0.5, 0.6) is 0 Å². The molecule has 3 saturated heterocycles. The summed E-state index contributed by atoms with van der Waals surface area (Å²) in [6.45, 7) is 14.3. The van der Waals surface area contributed by atoms with Gasteiger partial charge in [-0.25, -0.2) is 9.97 Å². The number of likely N-dealkylation sites (N-methyl/N-ethyl adjacent to an activating group) is 1. The van der Waals surface area contributed by atoms with Gasteiger partial charge in [-0.05, 0) is 37.1 Å². The third-order valence-electron chi connectivity index (χ3n) is 7.62. The van der Waals surface area contributed by atoms with Crippen molar-refractivity contribution in [2.45, 2.75) is 12.1 Å². The minimum absolute atomic E-state index is 0.241. The van der Waals surface area contributed by atoms with Crippen molar-refractivity contribution in [2.24, 2.45) is 0 Å². The smallest absolute Gasteiger partial charge is 0.236 e. The molecule has 0 atom stereocenters. The zero-order valence-electron chi connectivity index (χ0n) is 22.6. The van der Waals surface area contributed by atoms with E-state index >= 15 is 0 Å². The summed E-state index contributed by atoms with van der Waals surface area (Å²) in [6.07, 6.45) is 2.00. The monoisotopic (exact) mass is 540 g/mol. The molecule has 0 spiro atoms. The summed E-state index contributed by atoms with van der Waals surface area (Å²) >= 11 is 1.54. The van der Waals surface area contributed by atoms with Gasteiger partial charge in [0.1, 0.15) is 11.6 Å². The second-order valence-corrected chi connectivity index (χ2v) is 10.7. The van der Waals surface area contributed by atoms with E-state index in [4.69, 9.17) is 9.72 Å². The lowest BCUT2D eigenvalue weighted by molar-refractivity contribution is -0.133. The first-order valence-corrected chi connectivity index (χ1v) is 14.9. The first-order chi connectivity index (χ1) is 18.6. The van der Waals surface area contributed by atoms with E-state index in [2.05, 4.69) is 61.1 Å². The molecular weight excluding hydrogens is 500 g/mol. The number of ether oxygens (including phenoxy) is 1. The lowest BCUT2D eigenvalue weighted by Crippen LogP contribution is -2.54. The lowest BCUT2D eigenvalue weighted by Gasteiger charge is -2.38. The summed E-state index contributed by atoms with van der Waals surface area (Å²) < 4.78 is 5.47. The van der Waals surface area contributed by atoms with Gasteiger partial charge in [0, 0.05) is 82.9 Å². The second kappa shape index (κ2) is 13.0. The van der Waals surface area contributed by atoms with E-state index in [1.54, 1.807) is 0 Å². The lowest BCUT2D eigenvalue weighted by atomic mass is 10.2. The first-order valence-electron chi connectivity index (χ1n) is 13.7. The van der Waals surface area contributed by atoms with Crippen molar-refractivity contribution in [2.75, 3.05) is 113 Å². The Morgan fingerprint density at radius 3 is 2.24 bits per heavy atom. The van der Waals surface area contributed by atoms with Gasteiger partial charge in [-0.15, -0.1) is 0 Å². The van der Waals surface area contributed by atoms with Crippen molar-refractivity contribution in [3.05, 3.63) is 30.3 Å². The molecule has 1 amide bonds. The molecule has 11 heteroatoms. The first kappa shape index (κ1) is 27.0. The third kappa shape index (κ3) is 6.88. The summed E-state index contributed by atoms with van der Waals surface area (Å²) in [7, 11) is 0. The number of amides is 1. The van der Waals surface area contributed by atoms with Crippen LogP contribution in [-0.4, -0.2) is 129 Å². The summed E-state index contributed by atoms with van der Waals surface area (Å²) in [5.74, 6) is 1.92. The van der Waals surface area contributed by atoms with Crippen molar-refractivity contribution in [3.63, 3.8) is 0 Å². The molecule has 206 valence electrons. The van der Waals surface area contributed by atoms with Gasteiger partial charge in [-0.3, -0.25) is 9.69 Å². The van der Waals surface area contributed by atoms with Crippen LogP contribution in [0.1, 0.15) is 6.92 Å². The zero-order valence-corrected chi connectivity index (χ0v) is 23.5. The van der Waals surface area contributed by atoms with E-state index in [1.165, 1.54) is 17.4 Å². The molecule has 1 aromatic carbocycles. The maximum absolute atomic E-state index is 12.9. The Kier molecular flexibility index (Phi) is 9.21. The molecule has 2 aromatic rings. The zero-order chi connectivity index (χ0) is 26.3. The molecule has 5 rings (SSSR count). The number of piperazine rings is 2. The molecule has 3 fully saturated rings. The molecule has 3 aliphatic rings. The maximum Gasteiger partial charge on any atom is 0.236 e. The van der Waals surface area contributed by atoms with E-state index in [-0.39, 0.29) is 5.91 Å². The Hall–Kier alpha value is -2.60. The number of benzene rings is 1. The van der Waals surface area contributed by atoms with Gasteiger partial charge in [0.05, 0.1) is 19.8 Å². The van der Waals surface area contributed by atoms with Gasteiger partial charge in [0.2, 0.25) is 5.91 Å². The SMILES string of the molecule is CCN1CCN(CC(=O)N2CCN(c3cc(Nc4ccc(N5CCOCC5)cc4)nc(SC)n3)CC2)CC1. The van der Waals surface area contributed by atoms with Gasteiger partial charge in [-0.1, -0.05) is 18.7 Å². The molecule has 38 heavy (non-hydrogen) atoms. The van der Waals surface area contributed by atoms with Crippen LogP contribution in [0, 0.1) is 0 Å². The minimum atomic E-state index is 0.241. The number of rotatable bonds is 8. The van der Waals surface area contributed by atoms with Gasteiger partial charge in [0.25, 0.3) is 0 Å². The fourth-order valence-corrected chi connectivity index (χ4v) is 5.57. The normalized spacial score (nSPS) is 19.6. The molecule has 1 N–H and O–H groups in total. The van der Waals surface area contributed by atoms with Gasteiger partial charge in [-0.2, -0.15) is 0 Å². The molecule has 0 aliphatic carbocycles. The molecule has 4 heterocycles. The Morgan fingerprint density at radius 1 is 0.895 bits per heavy atom. The average molecular weight is 541 g/mol. The molecule has 0 radical (unpaired) electrons. The number of morpholine rings is 1. The number of aromatic nitrogens is 2. The molecule has 0 unspecified atom stereocenters. The highest BCUT2D eigenvalue weighted by Gasteiger charge is 2.25. The topological polar surface area (TPSA) is 80.3 Å². The number of carbonyl (C=O) groups excluding carboxylic acids is 1. The number of hydrogen-bond acceptors (Lipinski definition) is 10. The summed E-state index contributed by atoms with van der Waals surface area (Å²) in [5.41, 5.74) is 2.21. The van der Waals surface area contributed by atoms with E-state index in [0.717, 1.165) is 108 Å². The highest BCUT2D eigenvalue weighted by molar-refractivity contribution is 7.98. The Balaban J connectivity index is 1.16. The number of hydrogen-bond donors (Lipinski definition) is 1. The quantitative estimate of drug-likeness (QED) is 0.397. The predicted molar refractivity (Wildman–Crippen MR) is 154 cm³/mol. The number of anilines is 4. The van der Waals surface area contributed by atoms with Crippen LogP contribution < -0.4 is 15.1 Å². The van der Waals surface area contributed by atoms with Gasteiger partial charge >= 0.3 is 0 Å². The molecule has 3 aliphatic heterocycles. The Morgan fingerprint density at radius 2 is 1.58 bits per heavy atom. The summed E-state index contributed by atoms with van der Waals surface area (Å²) in [6, 6.07) is 10.5. The number of carbonyl (C=O) groups is 1. The van der Waals surface area contributed by atoms with E-state index < -0.39 is 0 Å². The average Bonchev–Trinajstić information content (AvgIpc) is 2.98. The van der Waals surface area contributed by atoms with Crippen LogP contribution in [0.2, 0.25) is 0 Å². The van der Waals surface area contributed by atoms with Crippen molar-refractivity contribution in [1.29, 1.82) is 0 Å². The molecule has 0 saturated carbocycles. The second-order valence-electron chi connectivity index (χ2n) is 9.95.